The fourth-order valence-electron chi connectivity index (χ4n) is 7.92. The quantitative estimate of drug-likeness (QED) is 0.0535. The van der Waals surface area contributed by atoms with Crippen molar-refractivity contribution >= 4 is 19.5 Å². The van der Waals surface area contributed by atoms with Gasteiger partial charge >= 0.3 is 19.5 Å². The van der Waals surface area contributed by atoms with Crippen molar-refractivity contribution in [2.45, 2.75) is 278 Å². The van der Waals surface area contributed by atoms with Crippen molar-refractivity contribution in [3.63, 3.8) is 0 Å². The van der Waals surface area contributed by atoms with Gasteiger partial charge in [-0.25, -0.2) is 4.57 Å². The van der Waals surface area contributed by atoms with Crippen LogP contribution in [0.3, 0.4) is 0 Å². The second-order valence-corrected chi connectivity index (χ2v) is 21.5. The van der Waals surface area contributed by atoms with Crippen molar-refractivity contribution in [1.82, 2.24) is 0 Å². The SMILES string of the molecule is CCCCCCCCCCCCCCCCCC(=O)OP(=O)(Cc1cc(C(C)(C)C)c(O)c(C(C)(C)C)c1)OC(=O)CCCCCCCCCCCCCCCCC. The number of phenols is 1. The van der Waals surface area contributed by atoms with Gasteiger partial charge < -0.3 is 14.2 Å². The average molecular weight is 833 g/mol. The molecule has 6 nitrogen and oxygen atoms in total. The average Bonchev–Trinajstić information content (AvgIpc) is 3.14. The van der Waals surface area contributed by atoms with Crippen molar-refractivity contribution in [3.8, 4) is 5.75 Å². The zero-order valence-corrected chi connectivity index (χ0v) is 40.3. The number of carbonyl (C=O) groups excluding carboxylic acids is 2. The fourth-order valence-corrected chi connectivity index (χ4v) is 9.52. The summed E-state index contributed by atoms with van der Waals surface area (Å²) >= 11 is 0. The number of benzene rings is 1. The van der Waals surface area contributed by atoms with E-state index in [9.17, 15) is 19.3 Å². The molecule has 0 aliphatic rings. The van der Waals surface area contributed by atoms with Gasteiger partial charge in [-0.1, -0.05) is 247 Å². The summed E-state index contributed by atoms with van der Waals surface area (Å²) in [6.07, 6.45) is 37.1. The highest BCUT2D eigenvalue weighted by Crippen LogP contribution is 2.53. The Bertz CT molecular complexity index is 1170. The van der Waals surface area contributed by atoms with Crippen LogP contribution in [0.4, 0.5) is 0 Å². The molecule has 0 aromatic heterocycles. The van der Waals surface area contributed by atoms with E-state index in [4.69, 9.17) is 9.05 Å². The van der Waals surface area contributed by atoms with Crippen LogP contribution in [0, 0.1) is 0 Å². The first-order valence-corrected chi connectivity index (χ1v) is 26.3. The number of aromatic hydroxyl groups is 1. The van der Waals surface area contributed by atoms with Crippen LogP contribution >= 0.6 is 7.60 Å². The van der Waals surface area contributed by atoms with Crippen LogP contribution in [0.1, 0.15) is 278 Å². The third-order valence-electron chi connectivity index (χ3n) is 11.6. The molecule has 0 saturated carbocycles. The number of rotatable bonds is 36. The summed E-state index contributed by atoms with van der Waals surface area (Å²) in [5.74, 6) is -0.943. The molecule has 0 fully saturated rings. The third kappa shape index (κ3) is 27.1. The number of carbonyl (C=O) groups is 2. The van der Waals surface area contributed by atoms with Gasteiger partial charge in [0.15, 0.2) is 0 Å². The van der Waals surface area contributed by atoms with Crippen LogP contribution in [0.5, 0.6) is 5.75 Å². The first-order valence-electron chi connectivity index (χ1n) is 24.5. The van der Waals surface area contributed by atoms with E-state index in [1.807, 2.05) is 53.7 Å². The Labute approximate surface area is 359 Å². The minimum atomic E-state index is -4.17. The van der Waals surface area contributed by atoms with Gasteiger partial charge in [0, 0.05) is 12.8 Å². The lowest BCUT2D eigenvalue weighted by molar-refractivity contribution is -0.138. The predicted octanol–water partition coefficient (Wildman–Crippen LogP) is 17.3. The molecule has 1 rings (SSSR count). The van der Waals surface area contributed by atoms with E-state index in [1.54, 1.807) is 0 Å². The summed E-state index contributed by atoms with van der Waals surface area (Å²) in [6.45, 7) is 16.7. The first-order chi connectivity index (χ1) is 27.6. The molecule has 1 N–H and O–H groups in total. The lowest BCUT2D eigenvalue weighted by atomic mass is 9.78. The van der Waals surface area contributed by atoms with E-state index in [0.29, 0.717) is 18.4 Å². The summed E-state index contributed by atoms with van der Waals surface area (Å²) in [7, 11) is -4.17. The van der Waals surface area contributed by atoms with Gasteiger partial charge in [-0.05, 0) is 40.4 Å². The van der Waals surface area contributed by atoms with E-state index in [1.165, 1.54) is 141 Å². The Morgan fingerprint density at radius 3 is 0.948 bits per heavy atom. The molecule has 0 atom stereocenters. The third-order valence-corrected chi connectivity index (χ3v) is 13.3. The molecular formula is C51H93O6P. The van der Waals surface area contributed by atoms with Crippen LogP contribution in [-0.2, 0) is 40.2 Å². The highest BCUT2D eigenvalue weighted by molar-refractivity contribution is 7.54. The molecule has 1 aromatic carbocycles. The molecule has 58 heavy (non-hydrogen) atoms. The lowest BCUT2D eigenvalue weighted by Gasteiger charge is -2.28. The minimum Gasteiger partial charge on any atom is -0.507 e. The van der Waals surface area contributed by atoms with Gasteiger partial charge in [-0.3, -0.25) is 9.59 Å². The standard InChI is InChI=1S/C51H93O6P/c1-9-11-13-15-17-19-21-23-25-27-29-31-33-35-37-39-47(52)56-58(55,43-44-41-45(50(3,4)5)49(54)46(42-44)51(6,7)8)57-48(53)40-38-36-34-32-30-28-26-24-22-20-18-16-14-12-10-2/h41-42,54H,9-40,43H2,1-8H3. The van der Waals surface area contributed by atoms with Crippen LogP contribution < -0.4 is 0 Å². The van der Waals surface area contributed by atoms with E-state index in [0.717, 1.165) is 49.7 Å². The predicted molar refractivity (Wildman–Crippen MR) is 248 cm³/mol. The largest absolute Gasteiger partial charge is 0.507 e. The Morgan fingerprint density at radius 1 is 0.466 bits per heavy atom. The maximum atomic E-state index is 14.4. The molecule has 0 aliphatic carbocycles. The Kier molecular flexibility index (Phi) is 29.9. The van der Waals surface area contributed by atoms with Crippen molar-refractivity contribution in [2.24, 2.45) is 0 Å². The highest BCUT2D eigenvalue weighted by atomic mass is 31.2. The molecule has 0 amide bonds. The van der Waals surface area contributed by atoms with Gasteiger partial charge in [0.25, 0.3) is 0 Å². The van der Waals surface area contributed by atoms with Crippen LogP contribution in [0.15, 0.2) is 12.1 Å². The monoisotopic (exact) mass is 833 g/mol. The maximum Gasteiger partial charge on any atom is 0.439 e. The van der Waals surface area contributed by atoms with Crippen LogP contribution in [0.2, 0.25) is 0 Å². The molecule has 0 bridgehead atoms. The Hall–Kier alpha value is -1.81. The minimum absolute atomic E-state index is 0.148. The van der Waals surface area contributed by atoms with Crippen LogP contribution in [-0.4, -0.2) is 17.0 Å². The molecule has 0 spiro atoms. The van der Waals surface area contributed by atoms with E-state index >= 15 is 0 Å². The summed E-state index contributed by atoms with van der Waals surface area (Å²) in [6, 6.07) is 3.64. The Balaban J connectivity index is 2.64. The zero-order valence-electron chi connectivity index (χ0n) is 39.4. The number of hydrogen-bond donors (Lipinski definition) is 1. The van der Waals surface area contributed by atoms with Crippen molar-refractivity contribution < 1.29 is 28.3 Å². The number of unbranched alkanes of at least 4 members (excludes halogenated alkanes) is 28. The van der Waals surface area contributed by atoms with Gasteiger partial charge in [-0.2, -0.15) is 0 Å². The van der Waals surface area contributed by atoms with Crippen molar-refractivity contribution in [3.05, 3.63) is 28.8 Å². The number of hydrogen-bond acceptors (Lipinski definition) is 6. The highest BCUT2D eigenvalue weighted by Gasteiger charge is 2.35. The van der Waals surface area contributed by atoms with Crippen molar-refractivity contribution in [2.75, 3.05) is 0 Å². The summed E-state index contributed by atoms with van der Waals surface area (Å²) < 4.78 is 25.7. The van der Waals surface area contributed by atoms with Crippen LogP contribution in [0.25, 0.3) is 0 Å². The second kappa shape index (κ2) is 32.0. The summed E-state index contributed by atoms with van der Waals surface area (Å²) in [5.41, 5.74) is 1.27. The van der Waals surface area contributed by atoms with E-state index in [2.05, 4.69) is 13.8 Å². The summed E-state index contributed by atoms with van der Waals surface area (Å²) in [5, 5.41) is 11.3. The van der Waals surface area contributed by atoms with E-state index in [-0.39, 0.29) is 24.8 Å². The summed E-state index contributed by atoms with van der Waals surface area (Å²) in [4.78, 5) is 26.3. The van der Waals surface area contributed by atoms with Gasteiger partial charge in [0.05, 0.1) is 6.16 Å². The van der Waals surface area contributed by atoms with E-state index < -0.39 is 30.4 Å². The van der Waals surface area contributed by atoms with Gasteiger partial charge in [0.1, 0.15) is 5.75 Å². The molecule has 0 saturated heterocycles. The first kappa shape index (κ1) is 54.2. The second-order valence-electron chi connectivity index (χ2n) is 19.6. The van der Waals surface area contributed by atoms with Gasteiger partial charge in [0.2, 0.25) is 0 Å². The molecule has 1 aromatic rings. The topological polar surface area (TPSA) is 89.9 Å². The lowest BCUT2D eigenvalue weighted by Crippen LogP contribution is -2.18. The maximum absolute atomic E-state index is 14.4. The van der Waals surface area contributed by atoms with Gasteiger partial charge in [-0.15, -0.1) is 0 Å². The molecule has 0 aliphatic heterocycles. The molecule has 0 radical (unpaired) electrons. The molecule has 0 unspecified atom stereocenters. The van der Waals surface area contributed by atoms with Crippen molar-refractivity contribution in [1.29, 1.82) is 0 Å². The molecule has 0 heterocycles. The smallest absolute Gasteiger partial charge is 0.439 e. The molecule has 7 heteroatoms. The normalized spacial score (nSPS) is 12.3. The molecule has 338 valence electrons. The molecular weight excluding hydrogens is 740 g/mol. The fraction of sp³-hybridized carbons (Fsp3) is 0.843. The Morgan fingerprint density at radius 2 is 0.707 bits per heavy atom. The zero-order chi connectivity index (χ0) is 43.1. The number of phenolic OH excluding ortho intramolecular Hbond substituents is 1.